The normalized spacial score (nSPS) is 24.3. The molecule has 2 aliphatic rings. The first-order valence-corrected chi connectivity index (χ1v) is 8.33. The Bertz CT molecular complexity index is 555. The van der Waals surface area contributed by atoms with E-state index in [0.29, 0.717) is 18.9 Å². The van der Waals surface area contributed by atoms with Crippen LogP contribution in [-0.4, -0.2) is 34.7 Å². The molecule has 124 valence electrons. The third-order valence-corrected chi connectivity index (χ3v) is 4.80. The van der Waals surface area contributed by atoms with E-state index in [2.05, 4.69) is 0 Å². The summed E-state index contributed by atoms with van der Waals surface area (Å²) >= 11 is 0. The molecule has 2 atom stereocenters. The van der Waals surface area contributed by atoms with Crippen LogP contribution in [-0.2, 0) is 16.1 Å². The maximum Gasteiger partial charge on any atom is 0.410 e. The average molecular weight is 317 g/mol. The standard InChI is InChI=1S/C18H23NO4/c20-17(21)16-11-15(10-13-6-7-13)8-9-19(16)18(22)23-12-14-4-2-1-3-5-14/h1-5,13,15-16H,6-12H2,(H,20,21)/t15-,16-/m1/s1. The van der Waals surface area contributed by atoms with Crippen LogP contribution >= 0.6 is 0 Å². The van der Waals surface area contributed by atoms with Crippen molar-refractivity contribution >= 4 is 12.1 Å². The number of hydrogen-bond donors (Lipinski definition) is 1. The first-order valence-electron chi connectivity index (χ1n) is 8.33. The van der Waals surface area contributed by atoms with E-state index >= 15 is 0 Å². The van der Waals surface area contributed by atoms with E-state index in [1.807, 2.05) is 30.3 Å². The lowest BCUT2D eigenvalue weighted by molar-refractivity contribution is -0.144. The van der Waals surface area contributed by atoms with Crippen molar-refractivity contribution in [3.63, 3.8) is 0 Å². The number of carbonyl (C=O) groups excluding carboxylic acids is 1. The highest BCUT2D eigenvalue weighted by molar-refractivity contribution is 5.80. The molecule has 0 bridgehead atoms. The van der Waals surface area contributed by atoms with Crippen LogP contribution < -0.4 is 0 Å². The highest BCUT2D eigenvalue weighted by Crippen LogP contribution is 2.39. The van der Waals surface area contributed by atoms with E-state index in [1.54, 1.807) is 0 Å². The maximum atomic E-state index is 12.3. The number of likely N-dealkylation sites (tertiary alicyclic amines) is 1. The third kappa shape index (κ3) is 4.24. The van der Waals surface area contributed by atoms with E-state index in [9.17, 15) is 14.7 Å². The second-order valence-corrected chi connectivity index (χ2v) is 6.66. The Kier molecular flexibility index (Phi) is 4.84. The number of aliphatic carboxylic acids is 1. The minimum atomic E-state index is -0.929. The lowest BCUT2D eigenvalue weighted by atomic mass is 9.87. The lowest BCUT2D eigenvalue weighted by Crippen LogP contribution is -2.50. The number of hydrogen-bond acceptors (Lipinski definition) is 3. The molecule has 0 spiro atoms. The molecule has 5 nitrogen and oxygen atoms in total. The number of carboxylic acids is 1. The molecule has 2 fully saturated rings. The number of amides is 1. The van der Waals surface area contributed by atoms with Crippen molar-refractivity contribution < 1.29 is 19.4 Å². The minimum absolute atomic E-state index is 0.175. The van der Waals surface area contributed by atoms with E-state index in [-0.39, 0.29) is 6.61 Å². The second kappa shape index (κ2) is 7.02. The SMILES string of the molecule is O=C(O)[C@H]1C[C@@H](CC2CC2)CCN1C(=O)OCc1ccccc1. The molecule has 1 N–H and O–H groups in total. The number of rotatable bonds is 5. The van der Waals surface area contributed by atoms with Crippen LogP contribution in [0.3, 0.4) is 0 Å². The molecule has 1 aliphatic carbocycles. The molecule has 1 saturated heterocycles. The maximum absolute atomic E-state index is 12.3. The molecular weight excluding hydrogens is 294 g/mol. The van der Waals surface area contributed by atoms with Gasteiger partial charge in [-0.05, 0) is 36.7 Å². The van der Waals surface area contributed by atoms with Crippen LogP contribution in [0, 0.1) is 11.8 Å². The lowest BCUT2D eigenvalue weighted by Gasteiger charge is -2.36. The van der Waals surface area contributed by atoms with Crippen LogP contribution in [0.2, 0.25) is 0 Å². The molecule has 0 unspecified atom stereocenters. The molecule has 1 aromatic carbocycles. The van der Waals surface area contributed by atoms with E-state index in [4.69, 9.17) is 4.74 Å². The predicted octanol–water partition coefficient (Wildman–Crippen LogP) is 3.29. The molecule has 0 radical (unpaired) electrons. The van der Waals surface area contributed by atoms with Gasteiger partial charge in [0.05, 0.1) is 0 Å². The molecule has 23 heavy (non-hydrogen) atoms. The van der Waals surface area contributed by atoms with Crippen molar-refractivity contribution in [1.29, 1.82) is 0 Å². The van der Waals surface area contributed by atoms with Crippen molar-refractivity contribution in [2.75, 3.05) is 6.54 Å². The first-order chi connectivity index (χ1) is 11.1. The van der Waals surface area contributed by atoms with Gasteiger partial charge in [-0.25, -0.2) is 9.59 Å². The first kappa shape index (κ1) is 15.8. The summed E-state index contributed by atoms with van der Waals surface area (Å²) in [5.41, 5.74) is 0.899. The summed E-state index contributed by atoms with van der Waals surface area (Å²) in [4.78, 5) is 25.2. The monoisotopic (exact) mass is 317 g/mol. The zero-order valence-corrected chi connectivity index (χ0v) is 13.2. The molecule has 3 rings (SSSR count). The smallest absolute Gasteiger partial charge is 0.410 e. The Morgan fingerprint density at radius 3 is 2.52 bits per heavy atom. The van der Waals surface area contributed by atoms with Gasteiger partial charge in [-0.15, -0.1) is 0 Å². The predicted molar refractivity (Wildman–Crippen MR) is 84.8 cm³/mol. The van der Waals surface area contributed by atoms with Gasteiger partial charge in [-0.2, -0.15) is 0 Å². The van der Waals surface area contributed by atoms with Gasteiger partial charge in [-0.1, -0.05) is 43.2 Å². The van der Waals surface area contributed by atoms with E-state index < -0.39 is 18.1 Å². The van der Waals surface area contributed by atoms with Crippen molar-refractivity contribution in [3.8, 4) is 0 Å². The number of nitrogens with zero attached hydrogens (tertiary/aromatic N) is 1. The highest BCUT2D eigenvalue weighted by atomic mass is 16.6. The highest BCUT2D eigenvalue weighted by Gasteiger charge is 2.38. The zero-order valence-electron chi connectivity index (χ0n) is 13.2. The van der Waals surface area contributed by atoms with Gasteiger partial charge in [0.25, 0.3) is 0 Å². The molecule has 1 heterocycles. The van der Waals surface area contributed by atoms with Gasteiger partial charge in [0, 0.05) is 6.54 Å². The Morgan fingerprint density at radius 2 is 1.87 bits per heavy atom. The molecule has 1 aromatic rings. The summed E-state index contributed by atoms with van der Waals surface area (Å²) < 4.78 is 5.30. The largest absolute Gasteiger partial charge is 0.480 e. The summed E-state index contributed by atoms with van der Waals surface area (Å²) in [7, 11) is 0. The number of ether oxygens (including phenoxy) is 1. The van der Waals surface area contributed by atoms with Crippen molar-refractivity contribution in [3.05, 3.63) is 35.9 Å². The Hall–Kier alpha value is -2.04. The van der Waals surface area contributed by atoms with E-state index in [1.165, 1.54) is 17.7 Å². The van der Waals surface area contributed by atoms with Gasteiger partial charge in [0.1, 0.15) is 12.6 Å². The number of benzene rings is 1. The Balaban J connectivity index is 1.56. The summed E-state index contributed by atoms with van der Waals surface area (Å²) in [6, 6.07) is 8.67. The van der Waals surface area contributed by atoms with Crippen molar-refractivity contribution in [1.82, 2.24) is 4.90 Å². The minimum Gasteiger partial charge on any atom is -0.480 e. The summed E-state index contributed by atoms with van der Waals surface area (Å²) in [6.07, 6.45) is 4.56. The molecule has 1 aliphatic heterocycles. The van der Waals surface area contributed by atoms with Crippen molar-refractivity contribution in [2.45, 2.75) is 44.8 Å². The van der Waals surface area contributed by atoms with Crippen LogP contribution in [0.15, 0.2) is 30.3 Å². The molecule has 1 amide bonds. The second-order valence-electron chi connectivity index (χ2n) is 6.66. The van der Waals surface area contributed by atoms with Gasteiger partial charge in [0.2, 0.25) is 0 Å². The van der Waals surface area contributed by atoms with Crippen LogP contribution in [0.4, 0.5) is 4.79 Å². The van der Waals surface area contributed by atoms with Crippen LogP contribution in [0.5, 0.6) is 0 Å². The fraction of sp³-hybridized carbons (Fsp3) is 0.556. The fourth-order valence-corrected chi connectivity index (χ4v) is 3.33. The van der Waals surface area contributed by atoms with E-state index in [0.717, 1.165) is 24.3 Å². The number of carbonyl (C=O) groups is 2. The third-order valence-electron chi connectivity index (χ3n) is 4.80. The molecule has 1 saturated carbocycles. The zero-order chi connectivity index (χ0) is 16.2. The summed E-state index contributed by atoms with van der Waals surface area (Å²) in [6.45, 7) is 0.649. The quantitative estimate of drug-likeness (QED) is 0.905. The molecular formula is C18H23NO4. The van der Waals surface area contributed by atoms with Crippen LogP contribution in [0.1, 0.15) is 37.7 Å². The topological polar surface area (TPSA) is 66.8 Å². The average Bonchev–Trinajstić information content (AvgIpc) is 3.37. The van der Waals surface area contributed by atoms with Gasteiger partial charge >= 0.3 is 12.1 Å². The summed E-state index contributed by atoms with van der Waals surface area (Å²) in [5.74, 6) is 0.273. The van der Waals surface area contributed by atoms with Crippen LogP contribution in [0.25, 0.3) is 0 Å². The number of carboxylic acid groups (broad SMARTS) is 1. The van der Waals surface area contributed by atoms with Gasteiger partial charge < -0.3 is 9.84 Å². The summed E-state index contributed by atoms with van der Waals surface area (Å²) in [5, 5.41) is 9.46. The van der Waals surface area contributed by atoms with Crippen molar-refractivity contribution in [2.24, 2.45) is 11.8 Å². The fourth-order valence-electron chi connectivity index (χ4n) is 3.33. The Labute approximate surface area is 136 Å². The van der Waals surface area contributed by atoms with Gasteiger partial charge in [-0.3, -0.25) is 4.90 Å². The van der Waals surface area contributed by atoms with Gasteiger partial charge in [0.15, 0.2) is 0 Å². The molecule has 0 aromatic heterocycles. The molecule has 5 heteroatoms. The Morgan fingerprint density at radius 1 is 1.13 bits per heavy atom. The number of piperidine rings is 1.